The Morgan fingerprint density at radius 1 is 1.43 bits per heavy atom. The van der Waals surface area contributed by atoms with Gasteiger partial charge in [0.15, 0.2) is 0 Å². The molecule has 4 heteroatoms. The number of nitriles is 1. The summed E-state index contributed by atoms with van der Waals surface area (Å²) < 4.78 is 14.8. The number of halogens is 2. The lowest BCUT2D eigenvalue weighted by Gasteiger charge is -1.93. The fourth-order valence-electron chi connectivity index (χ4n) is 1.28. The van der Waals surface area contributed by atoms with Gasteiger partial charge < -0.3 is 0 Å². The van der Waals surface area contributed by atoms with Gasteiger partial charge in [0.1, 0.15) is 5.82 Å². The van der Waals surface area contributed by atoms with Crippen LogP contribution in [-0.2, 0) is 6.42 Å². The number of fused-ring (bicyclic) bond motifs is 1. The molecule has 0 fully saturated rings. The third-order valence-corrected chi connectivity index (χ3v) is 3.83. The molecule has 1 aromatic carbocycles. The van der Waals surface area contributed by atoms with Gasteiger partial charge in [-0.25, -0.2) is 4.39 Å². The van der Waals surface area contributed by atoms with Crippen molar-refractivity contribution < 1.29 is 4.39 Å². The Balaban J connectivity index is 2.66. The van der Waals surface area contributed by atoms with Gasteiger partial charge in [-0.05, 0) is 40.8 Å². The van der Waals surface area contributed by atoms with Gasteiger partial charge in [0.25, 0.3) is 0 Å². The van der Waals surface area contributed by atoms with Gasteiger partial charge in [-0.3, -0.25) is 0 Å². The molecule has 14 heavy (non-hydrogen) atoms. The molecule has 0 N–H and O–H groups in total. The topological polar surface area (TPSA) is 23.8 Å². The molecule has 1 aromatic heterocycles. The summed E-state index contributed by atoms with van der Waals surface area (Å²) in [5, 5.41) is 9.59. The van der Waals surface area contributed by atoms with E-state index in [-0.39, 0.29) is 5.82 Å². The molecule has 2 rings (SSSR count). The lowest BCUT2D eigenvalue weighted by Crippen LogP contribution is -1.76. The molecular formula is C10H5FINS. The second kappa shape index (κ2) is 3.83. The quantitative estimate of drug-likeness (QED) is 0.736. The molecule has 1 nitrogen and oxygen atoms in total. The normalized spacial score (nSPS) is 10.4. The number of benzene rings is 1. The van der Waals surface area contributed by atoms with Crippen molar-refractivity contribution in [2.45, 2.75) is 6.42 Å². The second-order valence-corrected chi connectivity index (χ2v) is 5.18. The number of thiophene rings is 1. The SMILES string of the molecule is N#CCc1cc2c(I)cc(F)cc2s1. The Kier molecular flexibility index (Phi) is 2.70. The van der Waals surface area contributed by atoms with Crippen LogP contribution in [-0.4, -0.2) is 0 Å². The molecule has 1 heterocycles. The summed E-state index contributed by atoms with van der Waals surface area (Å²) in [4.78, 5) is 0.992. The van der Waals surface area contributed by atoms with E-state index < -0.39 is 0 Å². The highest BCUT2D eigenvalue weighted by Gasteiger charge is 2.06. The van der Waals surface area contributed by atoms with Crippen molar-refractivity contribution in [1.29, 1.82) is 5.26 Å². The van der Waals surface area contributed by atoms with E-state index in [1.54, 1.807) is 0 Å². The highest BCUT2D eigenvalue weighted by atomic mass is 127. The minimum atomic E-state index is -0.216. The lowest BCUT2D eigenvalue weighted by atomic mass is 10.2. The van der Waals surface area contributed by atoms with Gasteiger partial charge in [0, 0.05) is 18.5 Å². The average molecular weight is 317 g/mol. The van der Waals surface area contributed by atoms with E-state index >= 15 is 0 Å². The minimum Gasteiger partial charge on any atom is -0.207 e. The maximum atomic E-state index is 13.0. The Hall–Kier alpha value is -0.670. The van der Waals surface area contributed by atoms with Gasteiger partial charge in [0.05, 0.1) is 12.5 Å². The van der Waals surface area contributed by atoms with Crippen LogP contribution in [0.2, 0.25) is 0 Å². The van der Waals surface area contributed by atoms with Crippen molar-refractivity contribution >= 4 is 44.0 Å². The number of nitrogens with zero attached hydrogens (tertiary/aromatic N) is 1. The summed E-state index contributed by atoms with van der Waals surface area (Å²) in [6, 6.07) is 7.08. The van der Waals surface area contributed by atoms with E-state index in [2.05, 4.69) is 28.7 Å². The maximum absolute atomic E-state index is 13.0. The zero-order valence-electron chi connectivity index (χ0n) is 7.05. The van der Waals surface area contributed by atoms with Gasteiger partial charge >= 0.3 is 0 Å². The Morgan fingerprint density at radius 3 is 2.93 bits per heavy atom. The van der Waals surface area contributed by atoms with Crippen molar-refractivity contribution in [2.75, 3.05) is 0 Å². The molecular weight excluding hydrogens is 312 g/mol. The monoisotopic (exact) mass is 317 g/mol. The van der Waals surface area contributed by atoms with Crippen LogP contribution in [0, 0.1) is 20.7 Å². The summed E-state index contributed by atoms with van der Waals surface area (Å²) in [6.45, 7) is 0. The third-order valence-electron chi connectivity index (χ3n) is 1.86. The number of hydrogen-bond acceptors (Lipinski definition) is 2. The number of hydrogen-bond donors (Lipinski definition) is 0. The molecule has 0 saturated heterocycles. The van der Waals surface area contributed by atoms with Crippen LogP contribution in [0.15, 0.2) is 18.2 Å². The van der Waals surface area contributed by atoms with Gasteiger partial charge in [-0.1, -0.05) is 0 Å². The first kappa shape index (κ1) is 9.87. The van der Waals surface area contributed by atoms with Crippen molar-refractivity contribution in [2.24, 2.45) is 0 Å². The van der Waals surface area contributed by atoms with Crippen LogP contribution in [0.4, 0.5) is 4.39 Å². The van der Waals surface area contributed by atoms with Crippen molar-refractivity contribution in [3.8, 4) is 6.07 Å². The van der Waals surface area contributed by atoms with Gasteiger partial charge in [-0.15, -0.1) is 11.3 Å². The van der Waals surface area contributed by atoms with Crippen molar-refractivity contribution in [3.05, 3.63) is 32.5 Å². The zero-order chi connectivity index (χ0) is 10.1. The smallest absolute Gasteiger partial charge is 0.125 e. The fourth-order valence-corrected chi connectivity index (χ4v) is 3.26. The molecule has 2 aromatic rings. The first-order chi connectivity index (χ1) is 6.70. The van der Waals surface area contributed by atoms with Gasteiger partial charge in [-0.2, -0.15) is 5.26 Å². The Labute approximate surface area is 98.3 Å². The first-order valence-corrected chi connectivity index (χ1v) is 5.84. The predicted molar refractivity (Wildman–Crippen MR) is 63.8 cm³/mol. The predicted octanol–water partition coefficient (Wildman–Crippen LogP) is 3.71. The molecule has 0 atom stereocenters. The molecule has 0 amide bonds. The van der Waals surface area contributed by atoms with Crippen LogP contribution in [0.25, 0.3) is 10.1 Å². The third kappa shape index (κ3) is 1.74. The zero-order valence-corrected chi connectivity index (χ0v) is 10.0. The van der Waals surface area contributed by atoms with E-state index in [4.69, 9.17) is 5.26 Å². The van der Waals surface area contributed by atoms with Crippen molar-refractivity contribution in [3.63, 3.8) is 0 Å². The summed E-state index contributed by atoms with van der Waals surface area (Å²) in [5.74, 6) is -0.216. The van der Waals surface area contributed by atoms with Gasteiger partial charge in [0.2, 0.25) is 0 Å². The van der Waals surface area contributed by atoms with E-state index in [0.29, 0.717) is 6.42 Å². The van der Waals surface area contributed by atoms with E-state index in [1.165, 1.54) is 23.5 Å². The molecule has 0 unspecified atom stereocenters. The standard InChI is InChI=1S/C10H5FINS/c11-6-3-9(12)8-5-7(1-2-13)14-10(8)4-6/h3-5H,1H2. The van der Waals surface area contributed by atoms with Crippen molar-refractivity contribution in [1.82, 2.24) is 0 Å². The molecule has 0 radical (unpaired) electrons. The molecule has 0 aliphatic heterocycles. The Bertz CT molecular complexity index is 527. The first-order valence-electron chi connectivity index (χ1n) is 3.95. The maximum Gasteiger partial charge on any atom is 0.125 e. The second-order valence-electron chi connectivity index (χ2n) is 2.85. The fraction of sp³-hybridized carbons (Fsp3) is 0.100. The molecule has 0 saturated carbocycles. The average Bonchev–Trinajstić information content (AvgIpc) is 2.48. The van der Waals surface area contributed by atoms with Crippen LogP contribution in [0.5, 0.6) is 0 Å². The highest BCUT2D eigenvalue weighted by molar-refractivity contribution is 14.1. The lowest BCUT2D eigenvalue weighted by molar-refractivity contribution is 0.629. The van der Waals surface area contributed by atoms with Crippen LogP contribution in [0.3, 0.4) is 0 Å². The number of rotatable bonds is 1. The molecule has 0 spiro atoms. The molecule has 70 valence electrons. The Morgan fingerprint density at radius 2 is 2.21 bits per heavy atom. The van der Waals surface area contributed by atoms with E-state index in [1.807, 2.05) is 6.07 Å². The summed E-state index contributed by atoms with van der Waals surface area (Å²) in [5.41, 5.74) is 0. The van der Waals surface area contributed by atoms with E-state index in [9.17, 15) is 4.39 Å². The summed E-state index contributed by atoms with van der Waals surface area (Å²) in [6.07, 6.45) is 0.400. The summed E-state index contributed by atoms with van der Waals surface area (Å²) in [7, 11) is 0. The van der Waals surface area contributed by atoms with Crippen LogP contribution in [0.1, 0.15) is 4.88 Å². The minimum absolute atomic E-state index is 0.216. The molecule has 0 aliphatic rings. The molecule has 0 aliphatic carbocycles. The molecule has 0 bridgehead atoms. The van der Waals surface area contributed by atoms with Crippen LogP contribution < -0.4 is 0 Å². The largest absolute Gasteiger partial charge is 0.207 e. The highest BCUT2D eigenvalue weighted by Crippen LogP contribution is 2.30. The summed E-state index contributed by atoms with van der Waals surface area (Å²) >= 11 is 3.59. The van der Waals surface area contributed by atoms with Crippen LogP contribution >= 0.6 is 33.9 Å². The van der Waals surface area contributed by atoms with E-state index in [0.717, 1.165) is 18.5 Å².